The van der Waals surface area contributed by atoms with Crippen molar-refractivity contribution in [2.24, 2.45) is 0 Å². The van der Waals surface area contributed by atoms with Gasteiger partial charge in [-0.05, 0) is 43.3 Å². The van der Waals surface area contributed by atoms with Crippen LogP contribution in [0.5, 0.6) is 11.5 Å². The molecule has 1 aromatic heterocycles. The van der Waals surface area contributed by atoms with Crippen molar-refractivity contribution in [2.45, 2.75) is 13.0 Å². The summed E-state index contributed by atoms with van der Waals surface area (Å²) in [5.74, 6) is 1.32. The highest BCUT2D eigenvalue weighted by Crippen LogP contribution is 2.38. The summed E-state index contributed by atoms with van der Waals surface area (Å²) >= 11 is 0. The highest BCUT2D eigenvalue weighted by atomic mass is 19.1. The summed E-state index contributed by atoms with van der Waals surface area (Å²) in [5.41, 5.74) is 3.68. The summed E-state index contributed by atoms with van der Waals surface area (Å²) in [6, 6.07) is 17.6. The Labute approximate surface area is 176 Å². The van der Waals surface area contributed by atoms with Gasteiger partial charge in [0.25, 0.3) is 0 Å². The first kappa shape index (κ1) is 20.2. The van der Waals surface area contributed by atoms with Gasteiger partial charge in [0.15, 0.2) is 0 Å². The molecule has 3 aromatic rings. The standard InChI is InChI=1S/C24H26FN3O2/c1-27(11-10-18-6-5-7-20(14-18)29-2)12-13-28-22-8-3-4-9-24(22)30-17-21-23(28)15-19(25)16-26-21/h3-9,14-16H,10-13,17H2,1-2H3. The van der Waals surface area contributed by atoms with Crippen LogP contribution in [0.1, 0.15) is 11.3 Å². The molecule has 1 aliphatic rings. The number of hydrogen-bond acceptors (Lipinski definition) is 5. The van der Waals surface area contributed by atoms with Crippen molar-refractivity contribution in [2.75, 3.05) is 38.7 Å². The topological polar surface area (TPSA) is 37.8 Å². The Morgan fingerprint density at radius 1 is 1.10 bits per heavy atom. The maximum Gasteiger partial charge on any atom is 0.143 e. The van der Waals surface area contributed by atoms with Crippen LogP contribution < -0.4 is 14.4 Å². The van der Waals surface area contributed by atoms with E-state index in [0.717, 1.165) is 48.1 Å². The number of fused-ring (bicyclic) bond motifs is 2. The van der Waals surface area contributed by atoms with E-state index in [1.807, 2.05) is 36.4 Å². The fraction of sp³-hybridized carbons (Fsp3) is 0.292. The van der Waals surface area contributed by atoms with Crippen LogP contribution in [0.15, 0.2) is 60.8 Å². The summed E-state index contributed by atoms with van der Waals surface area (Å²) in [7, 11) is 3.79. The summed E-state index contributed by atoms with van der Waals surface area (Å²) in [4.78, 5) is 8.65. The van der Waals surface area contributed by atoms with Crippen LogP contribution in [-0.2, 0) is 13.0 Å². The lowest BCUT2D eigenvalue weighted by Gasteiger charge is -2.28. The fourth-order valence-corrected chi connectivity index (χ4v) is 3.65. The molecule has 0 aliphatic carbocycles. The van der Waals surface area contributed by atoms with Gasteiger partial charge in [-0.1, -0.05) is 24.3 Å². The molecule has 156 valence electrons. The highest BCUT2D eigenvalue weighted by Gasteiger charge is 2.23. The molecule has 0 fully saturated rings. The molecule has 0 saturated heterocycles. The number of nitrogens with zero attached hydrogens (tertiary/aromatic N) is 3. The van der Waals surface area contributed by atoms with Gasteiger partial charge in [0.1, 0.15) is 29.6 Å². The maximum atomic E-state index is 14.0. The van der Waals surface area contributed by atoms with Gasteiger partial charge in [-0.25, -0.2) is 4.39 Å². The molecule has 0 spiro atoms. The van der Waals surface area contributed by atoms with Crippen molar-refractivity contribution in [1.82, 2.24) is 9.88 Å². The quantitative estimate of drug-likeness (QED) is 0.579. The molecule has 4 rings (SSSR count). The molecule has 0 bridgehead atoms. The molecule has 0 amide bonds. The first-order valence-electron chi connectivity index (χ1n) is 10.1. The van der Waals surface area contributed by atoms with Crippen LogP contribution in [0.25, 0.3) is 0 Å². The minimum absolute atomic E-state index is 0.328. The Morgan fingerprint density at radius 3 is 2.83 bits per heavy atom. The zero-order valence-electron chi connectivity index (χ0n) is 17.3. The molecule has 0 N–H and O–H groups in total. The number of ether oxygens (including phenoxy) is 2. The van der Waals surface area contributed by atoms with Crippen molar-refractivity contribution in [3.05, 3.63) is 77.9 Å². The van der Waals surface area contributed by atoms with Gasteiger partial charge in [0.2, 0.25) is 0 Å². The number of para-hydroxylation sites is 2. The van der Waals surface area contributed by atoms with Gasteiger partial charge >= 0.3 is 0 Å². The molecule has 2 aromatic carbocycles. The second-order valence-corrected chi connectivity index (χ2v) is 7.43. The fourth-order valence-electron chi connectivity index (χ4n) is 3.65. The molecule has 0 saturated carbocycles. The van der Waals surface area contributed by atoms with E-state index in [9.17, 15) is 4.39 Å². The molecule has 0 atom stereocenters. The Bertz CT molecular complexity index is 1010. The number of hydrogen-bond donors (Lipinski definition) is 0. The molecule has 6 heteroatoms. The summed E-state index contributed by atoms with van der Waals surface area (Å²) < 4.78 is 25.2. The van der Waals surface area contributed by atoms with E-state index < -0.39 is 0 Å². The number of pyridine rings is 1. The Hall–Kier alpha value is -3.12. The van der Waals surface area contributed by atoms with E-state index in [1.54, 1.807) is 13.2 Å². The third-order valence-corrected chi connectivity index (χ3v) is 5.35. The van der Waals surface area contributed by atoms with E-state index in [1.165, 1.54) is 11.8 Å². The molecule has 30 heavy (non-hydrogen) atoms. The largest absolute Gasteiger partial charge is 0.497 e. The molecular weight excluding hydrogens is 381 g/mol. The molecule has 0 radical (unpaired) electrons. The maximum absolute atomic E-state index is 14.0. The first-order valence-corrected chi connectivity index (χ1v) is 10.1. The molecule has 5 nitrogen and oxygen atoms in total. The van der Waals surface area contributed by atoms with Gasteiger partial charge in [-0.2, -0.15) is 0 Å². The molecule has 0 unspecified atom stereocenters. The normalized spacial score (nSPS) is 12.7. The second kappa shape index (κ2) is 9.13. The van der Waals surface area contributed by atoms with E-state index in [4.69, 9.17) is 9.47 Å². The average Bonchev–Trinajstić information content (AvgIpc) is 2.93. The van der Waals surface area contributed by atoms with Crippen molar-refractivity contribution in [3.8, 4) is 11.5 Å². The van der Waals surface area contributed by atoms with Crippen LogP contribution >= 0.6 is 0 Å². The monoisotopic (exact) mass is 407 g/mol. The smallest absolute Gasteiger partial charge is 0.143 e. The van der Waals surface area contributed by atoms with Crippen LogP contribution in [0.3, 0.4) is 0 Å². The third-order valence-electron chi connectivity index (χ3n) is 5.35. The average molecular weight is 407 g/mol. The Morgan fingerprint density at radius 2 is 1.97 bits per heavy atom. The summed E-state index contributed by atoms with van der Waals surface area (Å²) in [6.07, 6.45) is 2.18. The Balaban J connectivity index is 1.47. The van der Waals surface area contributed by atoms with Gasteiger partial charge in [0, 0.05) is 25.7 Å². The first-order chi connectivity index (χ1) is 14.6. The third kappa shape index (κ3) is 4.54. The van der Waals surface area contributed by atoms with Crippen molar-refractivity contribution >= 4 is 11.4 Å². The van der Waals surface area contributed by atoms with Gasteiger partial charge in [-0.15, -0.1) is 0 Å². The lowest BCUT2D eigenvalue weighted by atomic mass is 10.1. The molecular formula is C24H26FN3O2. The van der Waals surface area contributed by atoms with E-state index >= 15 is 0 Å². The second-order valence-electron chi connectivity index (χ2n) is 7.43. The van der Waals surface area contributed by atoms with E-state index in [0.29, 0.717) is 13.2 Å². The zero-order chi connectivity index (χ0) is 20.9. The summed E-state index contributed by atoms with van der Waals surface area (Å²) in [5, 5.41) is 0. The number of halogens is 1. The van der Waals surface area contributed by atoms with Crippen LogP contribution in [0.2, 0.25) is 0 Å². The lowest BCUT2D eigenvalue weighted by Crippen LogP contribution is -2.32. The predicted octanol–water partition coefficient (Wildman–Crippen LogP) is 4.43. The van der Waals surface area contributed by atoms with E-state index in [-0.39, 0.29) is 5.82 Å². The highest BCUT2D eigenvalue weighted by molar-refractivity contribution is 5.71. The lowest BCUT2D eigenvalue weighted by molar-refractivity contribution is 0.305. The van der Waals surface area contributed by atoms with Gasteiger partial charge < -0.3 is 19.3 Å². The van der Waals surface area contributed by atoms with E-state index in [2.05, 4.69) is 34.0 Å². The number of rotatable bonds is 7. The number of methoxy groups -OCH3 is 1. The number of anilines is 2. The van der Waals surface area contributed by atoms with Crippen LogP contribution in [0.4, 0.5) is 15.8 Å². The Kier molecular flexibility index (Phi) is 6.14. The van der Waals surface area contributed by atoms with Crippen molar-refractivity contribution < 1.29 is 13.9 Å². The van der Waals surface area contributed by atoms with Crippen LogP contribution in [0, 0.1) is 5.82 Å². The minimum atomic E-state index is -0.343. The van der Waals surface area contributed by atoms with Crippen molar-refractivity contribution in [1.29, 1.82) is 0 Å². The molecule has 1 aliphatic heterocycles. The minimum Gasteiger partial charge on any atom is -0.497 e. The zero-order valence-corrected chi connectivity index (χ0v) is 17.3. The summed E-state index contributed by atoms with van der Waals surface area (Å²) in [6.45, 7) is 2.75. The number of benzene rings is 2. The van der Waals surface area contributed by atoms with Crippen LogP contribution in [-0.4, -0.2) is 43.7 Å². The molecule has 2 heterocycles. The number of likely N-dealkylation sites (N-methyl/N-ethyl adjacent to an activating group) is 1. The number of aromatic nitrogens is 1. The van der Waals surface area contributed by atoms with Gasteiger partial charge in [0.05, 0.1) is 24.7 Å². The SMILES string of the molecule is COc1cccc(CCN(C)CCN2c3ccccc3OCc3ncc(F)cc32)c1. The van der Waals surface area contributed by atoms with Crippen molar-refractivity contribution in [3.63, 3.8) is 0 Å². The predicted molar refractivity (Wildman–Crippen MR) is 116 cm³/mol. The van der Waals surface area contributed by atoms with Gasteiger partial charge in [-0.3, -0.25) is 4.98 Å².